The summed E-state index contributed by atoms with van der Waals surface area (Å²) in [5.74, 6) is -0.348. The largest absolute Gasteiger partial charge is 0.350 e. The zero-order valence-corrected chi connectivity index (χ0v) is 13.2. The summed E-state index contributed by atoms with van der Waals surface area (Å²) >= 11 is 1.65. The molecule has 0 radical (unpaired) electrons. The normalized spacial score (nSPS) is 12.4. The highest BCUT2D eigenvalue weighted by atomic mass is 32.1. The number of rotatable bonds is 5. The fourth-order valence-corrected chi connectivity index (χ4v) is 2.98. The van der Waals surface area contributed by atoms with E-state index in [0.29, 0.717) is 6.54 Å². The molecular formula is C15H19N3O2S. The van der Waals surface area contributed by atoms with E-state index in [-0.39, 0.29) is 23.1 Å². The molecule has 0 aromatic carbocycles. The lowest BCUT2D eigenvalue weighted by Gasteiger charge is -2.23. The Labute approximate surface area is 127 Å². The predicted molar refractivity (Wildman–Crippen MR) is 84.9 cm³/mol. The smallest absolute Gasteiger partial charge is 0.260 e. The third kappa shape index (κ3) is 3.80. The van der Waals surface area contributed by atoms with Gasteiger partial charge in [0.05, 0.1) is 6.04 Å². The number of nitrogens with one attached hydrogen (secondary N) is 2. The fourth-order valence-electron chi connectivity index (χ4n) is 2.05. The molecule has 0 aliphatic carbocycles. The number of pyridine rings is 1. The Kier molecular flexibility index (Phi) is 4.93. The maximum atomic E-state index is 12.1. The molecule has 2 N–H and O–H groups in total. The van der Waals surface area contributed by atoms with Crippen LogP contribution in [-0.2, 0) is 0 Å². The molecule has 0 saturated heterocycles. The first kappa shape index (κ1) is 15.5. The molecule has 0 spiro atoms. The van der Waals surface area contributed by atoms with Crippen LogP contribution in [0.15, 0.2) is 34.4 Å². The maximum Gasteiger partial charge on any atom is 0.260 e. The molecule has 5 nitrogen and oxygen atoms in total. The Hall–Kier alpha value is -1.92. The predicted octanol–water partition coefficient (Wildman–Crippen LogP) is 1.78. The third-order valence-electron chi connectivity index (χ3n) is 3.25. The monoisotopic (exact) mass is 305 g/mol. The van der Waals surface area contributed by atoms with Crippen molar-refractivity contribution in [3.05, 3.63) is 56.1 Å². The van der Waals surface area contributed by atoms with Crippen molar-refractivity contribution in [2.45, 2.75) is 13.0 Å². The molecule has 2 aromatic rings. The Balaban J connectivity index is 2.07. The molecular weight excluding hydrogens is 286 g/mol. The number of aromatic nitrogens is 1. The van der Waals surface area contributed by atoms with Crippen molar-refractivity contribution in [2.24, 2.45) is 0 Å². The van der Waals surface area contributed by atoms with E-state index in [0.717, 1.165) is 5.69 Å². The minimum absolute atomic E-state index is 0.0958. The van der Waals surface area contributed by atoms with E-state index < -0.39 is 0 Å². The Morgan fingerprint density at radius 2 is 2.14 bits per heavy atom. The number of H-pyrrole nitrogens is 1. The highest BCUT2D eigenvalue weighted by molar-refractivity contribution is 7.10. The van der Waals surface area contributed by atoms with Gasteiger partial charge in [0.1, 0.15) is 5.56 Å². The number of carbonyl (C=O) groups excluding carboxylic acids is 1. The molecule has 2 rings (SSSR count). The second kappa shape index (κ2) is 6.69. The van der Waals surface area contributed by atoms with Gasteiger partial charge in [-0.3, -0.25) is 9.59 Å². The standard InChI is InChI=1S/C15H19N3O2S/c1-10-6-7-11(15(20)17-10)14(19)16-9-12(18(2)3)13-5-4-8-21-13/h4-8,12H,9H2,1-3H3,(H,16,19)(H,17,20)/t12-/m1/s1. The molecule has 0 aliphatic rings. The molecule has 0 aliphatic heterocycles. The Bertz CT molecular complexity index is 662. The summed E-state index contributed by atoms with van der Waals surface area (Å²) in [4.78, 5) is 29.7. The highest BCUT2D eigenvalue weighted by Crippen LogP contribution is 2.22. The van der Waals surface area contributed by atoms with Crippen LogP contribution >= 0.6 is 11.3 Å². The quantitative estimate of drug-likeness (QED) is 0.885. The minimum Gasteiger partial charge on any atom is -0.350 e. The van der Waals surface area contributed by atoms with Crippen LogP contribution in [0.4, 0.5) is 0 Å². The van der Waals surface area contributed by atoms with Crippen molar-refractivity contribution in [2.75, 3.05) is 20.6 Å². The van der Waals surface area contributed by atoms with Crippen LogP contribution in [0.5, 0.6) is 0 Å². The van der Waals surface area contributed by atoms with Crippen molar-refractivity contribution < 1.29 is 4.79 Å². The van der Waals surface area contributed by atoms with Crippen molar-refractivity contribution in [3.8, 4) is 0 Å². The summed E-state index contributed by atoms with van der Waals surface area (Å²) < 4.78 is 0. The molecule has 0 fully saturated rings. The van der Waals surface area contributed by atoms with Gasteiger partial charge in [0, 0.05) is 17.1 Å². The van der Waals surface area contributed by atoms with Gasteiger partial charge in [-0.15, -0.1) is 11.3 Å². The van der Waals surface area contributed by atoms with Gasteiger partial charge in [-0.1, -0.05) is 6.07 Å². The first-order chi connectivity index (χ1) is 9.99. The Morgan fingerprint density at radius 3 is 2.71 bits per heavy atom. The minimum atomic E-state index is -0.356. The van der Waals surface area contributed by atoms with Gasteiger partial charge in [-0.05, 0) is 44.6 Å². The SMILES string of the molecule is Cc1ccc(C(=O)NC[C@H](c2cccs2)N(C)C)c(=O)[nH]1. The molecule has 112 valence electrons. The molecule has 6 heteroatoms. The first-order valence-corrected chi connectivity index (χ1v) is 7.55. The van der Waals surface area contributed by atoms with Crippen molar-refractivity contribution in [3.63, 3.8) is 0 Å². The maximum absolute atomic E-state index is 12.1. The topological polar surface area (TPSA) is 65.2 Å². The van der Waals surface area contributed by atoms with Crippen LogP contribution in [0.3, 0.4) is 0 Å². The van der Waals surface area contributed by atoms with E-state index >= 15 is 0 Å². The van der Waals surface area contributed by atoms with Gasteiger partial charge < -0.3 is 15.2 Å². The van der Waals surface area contributed by atoms with Gasteiger partial charge in [0.2, 0.25) is 0 Å². The van der Waals surface area contributed by atoms with E-state index in [1.54, 1.807) is 30.4 Å². The zero-order chi connectivity index (χ0) is 15.4. The first-order valence-electron chi connectivity index (χ1n) is 6.67. The number of hydrogen-bond acceptors (Lipinski definition) is 4. The molecule has 2 heterocycles. The number of likely N-dealkylation sites (N-methyl/N-ethyl adjacent to an activating group) is 1. The van der Waals surface area contributed by atoms with Crippen LogP contribution in [0.2, 0.25) is 0 Å². The van der Waals surface area contributed by atoms with Crippen LogP contribution in [0.25, 0.3) is 0 Å². The number of hydrogen-bond donors (Lipinski definition) is 2. The number of thiophene rings is 1. The van der Waals surface area contributed by atoms with Crippen LogP contribution in [0.1, 0.15) is 27.0 Å². The molecule has 1 atom stereocenters. The zero-order valence-electron chi connectivity index (χ0n) is 12.3. The molecule has 1 amide bonds. The number of aromatic amines is 1. The summed E-state index contributed by atoms with van der Waals surface area (Å²) in [6.45, 7) is 2.24. The summed E-state index contributed by atoms with van der Waals surface area (Å²) in [5, 5.41) is 4.85. The lowest BCUT2D eigenvalue weighted by atomic mass is 10.2. The van der Waals surface area contributed by atoms with Gasteiger partial charge in [0.25, 0.3) is 11.5 Å². The number of amides is 1. The summed E-state index contributed by atoms with van der Waals surface area (Å²) in [6, 6.07) is 7.40. The van der Waals surface area contributed by atoms with Crippen LogP contribution in [0, 0.1) is 6.92 Å². The number of nitrogens with zero attached hydrogens (tertiary/aromatic N) is 1. The summed E-state index contributed by atoms with van der Waals surface area (Å²) in [6.07, 6.45) is 0. The van der Waals surface area contributed by atoms with E-state index in [4.69, 9.17) is 0 Å². The molecule has 0 saturated carbocycles. The van der Waals surface area contributed by atoms with Gasteiger partial charge in [0.15, 0.2) is 0 Å². The van der Waals surface area contributed by atoms with E-state index in [1.807, 2.05) is 36.5 Å². The molecule has 0 unspecified atom stereocenters. The third-order valence-corrected chi connectivity index (χ3v) is 4.22. The van der Waals surface area contributed by atoms with Gasteiger partial charge in [-0.2, -0.15) is 0 Å². The van der Waals surface area contributed by atoms with E-state index in [1.165, 1.54) is 4.88 Å². The van der Waals surface area contributed by atoms with Gasteiger partial charge in [-0.25, -0.2) is 0 Å². The molecule has 2 aromatic heterocycles. The fraction of sp³-hybridized carbons (Fsp3) is 0.333. The van der Waals surface area contributed by atoms with Crippen molar-refractivity contribution >= 4 is 17.2 Å². The van der Waals surface area contributed by atoms with Crippen LogP contribution < -0.4 is 10.9 Å². The highest BCUT2D eigenvalue weighted by Gasteiger charge is 2.17. The van der Waals surface area contributed by atoms with Crippen molar-refractivity contribution in [1.82, 2.24) is 15.2 Å². The Morgan fingerprint density at radius 1 is 1.38 bits per heavy atom. The lowest BCUT2D eigenvalue weighted by Crippen LogP contribution is -2.36. The molecule has 0 bridgehead atoms. The van der Waals surface area contributed by atoms with Crippen LogP contribution in [-0.4, -0.2) is 36.4 Å². The second-order valence-corrected chi connectivity index (χ2v) is 6.07. The van der Waals surface area contributed by atoms with E-state index in [2.05, 4.69) is 10.3 Å². The summed E-state index contributed by atoms with van der Waals surface area (Å²) in [5.41, 5.74) is 0.524. The lowest BCUT2D eigenvalue weighted by molar-refractivity contribution is 0.0940. The number of carbonyl (C=O) groups is 1. The molecule has 21 heavy (non-hydrogen) atoms. The summed E-state index contributed by atoms with van der Waals surface area (Å²) in [7, 11) is 3.93. The number of aryl methyl sites for hydroxylation is 1. The van der Waals surface area contributed by atoms with E-state index in [9.17, 15) is 9.59 Å². The second-order valence-electron chi connectivity index (χ2n) is 5.09. The van der Waals surface area contributed by atoms with Gasteiger partial charge >= 0.3 is 0 Å². The average Bonchev–Trinajstić information content (AvgIpc) is 2.92. The average molecular weight is 305 g/mol. The van der Waals surface area contributed by atoms with Crippen molar-refractivity contribution in [1.29, 1.82) is 0 Å².